The monoisotopic (exact) mass is 329 g/mol. The lowest BCUT2D eigenvalue weighted by atomic mass is 9.96. The number of aryl methyl sites for hydroxylation is 1. The van der Waals surface area contributed by atoms with Crippen molar-refractivity contribution in [3.05, 3.63) is 51.4 Å². The van der Waals surface area contributed by atoms with Crippen LogP contribution in [0.5, 0.6) is 0 Å². The summed E-state index contributed by atoms with van der Waals surface area (Å²) < 4.78 is 0. The summed E-state index contributed by atoms with van der Waals surface area (Å²) in [4.78, 5) is 24.7. The number of fused-ring (bicyclic) bond motifs is 1. The molecule has 0 saturated heterocycles. The van der Waals surface area contributed by atoms with Crippen molar-refractivity contribution < 1.29 is 14.7 Å². The van der Waals surface area contributed by atoms with Crippen LogP contribution in [-0.2, 0) is 24.1 Å². The van der Waals surface area contributed by atoms with Gasteiger partial charge in [-0.05, 0) is 61.4 Å². The number of hydrogen-bond donors (Lipinski definition) is 2. The van der Waals surface area contributed by atoms with Gasteiger partial charge in [0.25, 0.3) is 0 Å². The molecule has 1 aliphatic carbocycles. The van der Waals surface area contributed by atoms with Crippen LogP contribution < -0.4 is 5.32 Å². The van der Waals surface area contributed by atoms with Crippen molar-refractivity contribution in [2.45, 2.75) is 39.0 Å². The van der Waals surface area contributed by atoms with Crippen LogP contribution in [0.3, 0.4) is 0 Å². The summed E-state index contributed by atoms with van der Waals surface area (Å²) in [6, 6.07) is 6.52. The Balaban J connectivity index is 1.71. The van der Waals surface area contributed by atoms with E-state index in [1.54, 1.807) is 29.5 Å². The largest absolute Gasteiger partial charge is 0.478 e. The van der Waals surface area contributed by atoms with Crippen LogP contribution in [0.4, 0.5) is 5.00 Å². The third kappa shape index (κ3) is 3.45. The predicted molar refractivity (Wildman–Crippen MR) is 91.4 cm³/mol. The molecule has 1 aliphatic rings. The molecular weight excluding hydrogens is 310 g/mol. The molecule has 1 heterocycles. The van der Waals surface area contributed by atoms with Gasteiger partial charge in [0, 0.05) is 4.88 Å². The molecule has 3 rings (SSSR count). The van der Waals surface area contributed by atoms with Crippen molar-refractivity contribution >= 4 is 28.2 Å². The third-order valence-corrected chi connectivity index (χ3v) is 5.54. The van der Waals surface area contributed by atoms with E-state index in [1.165, 1.54) is 34.9 Å². The summed E-state index contributed by atoms with van der Waals surface area (Å²) in [7, 11) is 0. The number of rotatable bonds is 4. The van der Waals surface area contributed by atoms with Crippen molar-refractivity contribution in [2.24, 2.45) is 0 Å². The first-order valence-corrected chi connectivity index (χ1v) is 8.59. The Morgan fingerprint density at radius 1 is 1.26 bits per heavy atom. The van der Waals surface area contributed by atoms with Crippen molar-refractivity contribution in [2.75, 3.05) is 5.32 Å². The maximum absolute atomic E-state index is 12.3. The van der Waals surface area contributed by atoms with E-state index < -0.39 is 5.97 Å². The molecule has 1 aromatic heterocycles. The number of carbonyl (C=O) groups excluding carboxylic acids is 1. The predicted octanol–water partition coefficient (Wildman–Crippen LogP) is 3.81. The fourth-order valence-electron chi connectivity index (χ4n) is 3.01. The first-order chi connectivity index (χ1) is 11.0. The van der Waals surface area contributed by atoms with Gasteiger partial charge in [-0.3, -0.25) is 4.79 Å². The molecule has 2 aromatic rings. The van der Waals surface area contributed by atoms with Gasteiger partial charge in [0.2, 0.25) is 5.91 Å². The number of anilines is 1. The average Bonchev–Trinajstić information content (AvgIpc) is 2.84. The molecule has 0 bridgehead atoms. The number of thiophene rings is 1. The normalized spacial score (nSPS) is 13.4. The molecule has 5 heteroatoms. The highest BCUT2D eigenvalue weighted by atomic mass is 32.1. The van der Waals surface area contributed by atoms with Crippen LogP contribution >= 0.6 is 11.3 Å². The van der Waals surface area contributed by atoms with E-state index in [9.17, 15) is 9.59 Å². The van der Waals surface area contributed by atoms with E-state index in [-0.39, 0.29) is 17.9 Å². The summed E-state index contributed by atoms with van der Waals surface area (Å²) in [6.45, 7) is 2.07. The maximum Gasteiger partial charge on any atom is 0.335 e. The third-order valence-electron chi connectivity index (χ3n) is 4.23. The molecule has 2 N–H and O–H groups in total. The molecule has 0 aliphatic heterocycles. The van der Waals surface area contributed by atoms with E-state index in [2.05, 4.69) is 12.2 Å². The molecule has 0 unspecified atom stereocenters. The lowest BCUT2D eigenvalue weighted by Crippen LogP contribution is -2.14. The molecule has 0 spiro atoms. The van der Waals surface area contributed by atoms with Gasteiger partial charge >= 0.3 is 5.97 Å². The van der Waals surface area contributed by atoms with Crippen molar-refractivity contribution in [3.8, 4) is 0 Å². The minimum Gasteiger partial charge on any atom is -0.478 e. The number of hydrogen-bond acceptors (Lipinski definition) is 3. The van der Waals surface area contributed by atoms with E-state index in [0.717, 1.165) is 17.8 Å². The Bertz CT molecular complexity index is 764. The minimum atomic E-state index is -0.978. The molecule has 0 fully saturated rings. The van der Waals surface area contributed by atoms with Crippen molar-refractivity contribution in [3.63, 3.8) is 0 Å². The van der Waals surface area contributed by atoms with Gasteiger partial charge in [-0.25, -0.2) is 4.79 Å². The van der Waals surface area contributed by atoms with E-state index in [0.29, 0.717) is 5.56 Å². The van der Waals surface area contributed by atoms with Crippen LogP contribution in [0.1, 0.15) is 44.8 Å². The van der Waals surface area contributed by atoms with Crippen LogP contribution in [0.25, 0.3) is 0 Å². The fourth-order valence-corrected chi connectivity index (χ4v) is 4.33. The topological polar surface area (TPSA) is 66.4 Å². The number of amides is 1. The van der Waals surface area contributed by atoms with Gasteiger partial charge in [0.1, 0.15) is 0 Å². The van der Waals surface area contributed by atoms with Gasteiger partial charge in [-0.2, -0.15) is 0 Å². The van der Waals surface area contributed by atoms with Gasteiger partial charge in [-0.1, -0.05) is 12.1 Å². The molecule has 4 nitrogen and oxygen atoms in total. The molecule has 0 radical (unpaired) electrons. The van der Waals surface area contributed by atoms with Crippen molar-refractivity contribution in [1.29, 1.82) is 0 Å². The zero-order chi connectivity index (χ0) is 16.4. The number of carboxylic acids is 1. The highest BCUT2D eigenvalue weighted by Gasteiger charge is 2.19. The smallest absolute Gasteiger partial charge is 0.335 e. The summed E-state index contributed by atoms with van der Waals surface area (Å²) in [5.74, 6) is -1.08. The fraction of sp³-hybridized carbons (Fsp3) is 0.333. The zero-order valence-corrected chi connectivity index (χ0v) is 13.8. The molecule has 120 valence electrons. The number of carbonyl (C=O) groups is 2. The first kappa shape index (κ1) is 15.7. The van der Waals surface area contributed by atoms with Gasteiger partial charge in [0.05, 0.1) is 17.0 Å². The van der Waals surface area contributed by atoms with Crippen molar-refractivity contribution in [1.82, 2.24) is 0 Å². The van der Waals surface area contributed by atoms with Crippen LogP contribution in [0, 0.1) is 6.92 Å². The van der Waals surface area contributed by atoms with E-state index in [1.807, 2.05) is 0 Å². The highest BCUT2D eigenvalue weighted by Crippen LogP contribution is 2.37. The second-order valence-corrected chi connectivity index (χ2v) is 7.00. The van der Waals surface area contributed by atoms with Crippen LogP contribution in [-0.4, -0.2) is 17.0 Å². The van der Waals surface area contributed by atoms with Gasteiger partial charge in [0.15, 0.2) is 0 Å². The summed E-state index contributed by atoms with van der Waals surface area (Å²) in [5, 5.41) is 12.9. The van der Waals surface area contributed by atoms with Crippen LogP contribution in [0.2, 0.25) is 0 Å². The summed E-state index contributed by atoms with van der Waals surface area (Å²) >= 11 is 1.68. The Labute approximate surface area is 139 Å². The zero-order valence-electron chi connectivity index (χ0n) is 13.0. The van der Waals surface area contributed by atoms with E-state index >= 15 is 0 Å². The highest BCUT2D eigenvalue weighted by molar-refractivity contribution is 7.16. The first-order valence-electron chi connectivity index (χ1n) is 7.78. The lowest BCUT2D eigenvalue weighted by molar-refractivity contribution is -0.115. The molecule has 0 atom stereocenters. The molecular formula is C18H19NO3S. The SMILES string of the molecule is Cc1c(NC(=O)Cc2cccc(C(=O)O)c2)sc2c1CCCC2. The molecule has 0 saturated carbocycles. The number of carboxylic acid groups (broad SMARTS) is 1. The van der Waals surface area contributed by atoms with Gasteiger partial charge in [-0.15, -0.1) is 11.3 Å². The second-order valence-electron chi connectivity index (χ2n) is 5.90. The Morgan fingerprint density at radius 2 is 2.04 bits per heavy atom. The quantitative estimate of drug-likeness (QED) is 0.896. The second kappa shape index (κ2) is 6.54. The molecule has 23 heavy (non-hydrogen) atoms. The minimum absolute atomic E-state index is 0.103. The summed E-state index contributed by atoms with van der Waals surface area (Å²) in [6.07, 6.45) is 4.84. The van der Waals surface area contributed by atoms with Gasteiger partial charge < -0.3 is 10.4 Å². The summed E-state index contributed by atoms with van der Waals surface area (Å²) in [5.41, 5.74) is 3.52. The standard InChI is InChI=1S/C18H19NO3S/c1-11-14-7-2-3-8-15(14)23-17(11)19-16(20)10-12-5-4-6-13(9-12)18(21)22/h4-6,9H,2-3,7-8,10H2,1H3,(H,19,20)(H,21,22). The Kier molecular flexibility index (Phi) is 4.48. The van der Waals surface area contributed by atoms with E-state index in [4.69, 9.17) is 5.11 Å². The molecule has 1 amide bonds. The Morgan fingerprint density at radius 3 is 2.78 bits per heavy atom. The Hall–Kier alpha value is -2.14. The average molecular weight is 329 g/mol. The number of nitrogens with one attached hydrogen (secondary N) is 1. The maximum atomic E-state index is 12.3. The van der Waals surface area contributed by atoms with Crippen LogP contribution in [0.15, 0.2) is 24.3 Å². The number of aromatic carboxylic acids is 1. The lowest BCUT2D eigenvalue weighted by Gasteiger charge is -2.10. The molecule has 1 aromatic carbocycles. The number of benzene rings is 1.